The molecule has 4 atom stereocenters. The third-order valence-corrected chi connectivity index (χ3v) is 5.33. The highest BCUT2D eigenvalue weighted by atomic mass is 35.5. The summed E-state index contributed by atoms with van der Waals surface area (Å²) < 4.78 is 6.09. The highest BCUT2D eigenvalue weighted by molar-refractivity contribution is 6.30. The van der Waals surface area contributed by atoms with Crippen molar-refractivity contribution in [3.05, 3.63) is 29.3 Å². The SMILES string of the molecule is C[C@H]1COC2CC(C(=O)NO)CCC2CN1c1ccc(Cl)cc1. The van der Waals surface area contributed by atoms with E-state index >= 15 is 0 Å². The van der Waals surface area contributed by atoms with Gasteiger partial charge in [0.05, 0.1) is 12.7 Å². The number of nitrogens with zero attached hydrogens (tertiary/aromatic N) is 1. The fourth-order valence-corrected chi connectivity index (χ4v) is 3.84. The van der Waals surface area contributed by atoms with E-state index in [0.717, 1.165) is 30.1 Å². The van der Waals surface area contributed by atoms with Crippen LogP contribution in [0.15, 0.2) is 24.3 Å². The minimum atomic E-state index is -0.293. The summed E-state index contributed by atoms with van der Waals surface area (Å²) in [5.74, 6) is -0.0455. The number of carbonyl (C=O) groups excluding carboxylic acids is 1. The Morgan fingerprint density at radius 1 is 1.35 bits per heavy atom. The average Bonchev–Trinajstić information content (AvgIpc) is 2.74. The predicted octanol–water partition coefficient (Wildman–Crippen LogP) is 2.86. The Kier molecular flexibility index (Phi) is 5.09. The van der Waals surface area contributed by atoms with Gasteiger partial charge < -0.3 is 9.64 Å². The van der Waals surface area contributed by atoms with Crippen LogP contribution in [0, 0.1) is 11.8 Å². The van der Waals surface area contributed by atoms with Crippen molar-refractivity contribution in [2.24, 2.45) is 11.8 Å². The third kappa shape index (κ3) is 3.62. The molecule has 23 heavy (non-hydrogen) atoms. The van der Waals surface area contributed by atoms with Gasteiger partial charge in [0.25, 0.3) is 0 Å². The predicted molar refractivity (Wildman–Crippen MR) is 88.8 cm³/mol. The number of anilines is 1. The second-order valence-corrected chi connectivity index (χ2v) is 7.03. The Balaban J connectivity index is 1.73. The molecule has 0 spiro atoms. The largest absolute Gasteiger partial charge is 0.376 e. The number of hydrogen-bond acceptors (Lipinski definition) is 4. The van der Waals surface area contributed by atoms with E-state index in [0.29, 0.717) is 18.9 Å². The zero-order valence-corrected chi connectivity index (χ0v) is 14.0. The number of hydrogen-bond donors (Lipinski definition) is 2. The molecule has 2 fully saturated rings. The normalized spacial score (nSPS) is 31.2. The molecular formula is C17H23ClN2O3. The quantitative estimate of drug-likeness (QED) is 0.643. The highest BCUT2D eigenvalue weighted by Crippen LogP contribution is 2.35. The highest BCUT2D eigenvalue weighted by Gasteiger charge is 2.38. The molecule has 1 aromatic rings. The molecule has 5 nitrogen and oxygen atoms in total. The van der Waals surface area contributed by atoms with Crippen molar-refractivity contribution in [3.8, 4) is 0 Å². The fourth-order valence-electron chi connectivity index (χ4n) is 3.71. The summed E-state index contributed by atoms with van der Waals surface area (Å²) in [6.45, 7) is 3.71. The van der Waals surface area contributed by atoms with E-state index in [4.69, 9.17) is 21.5 Å². The minimum Gasteiger partial charge on any atom is -0.376 e. The molecular weight excluding hydrogens is 316 g/mol. The number of halogens is 1. The minimum absolute atomic E-state index is 0.0748. The maximum absolute atomic E-state index is 11.7. The molecule has 2 N–H and O–H groups in total. The molecule has 3 unspecified atom stereocenters. The summed E-state index contributed by atoms with van der Waals surface area (Å²) in [7, 11) is 0. The number of rotatable bonds is 2. The first-order valence-electron chi connectivity index (χ1n) is 8.16. The lowest BCUT2D eigenvalue weighted by Gasteiger charge is -2.35. The first kappa shape index (κ1) is 16.6. The lowest BCUT2D eigenvalue weighted by molar-refractivity contribution is -0.137. The molecule has 1 heterocycles. The maximum Gasteiger partial charge on any atom is 0.246 e. The Bertz CT molecular complexity index is 551. The molecule has 2 aliphatic rings. The standard InChI is InChI=1S/C17H23ClN2O3/c1-11-10-23-16-8-12(17(21)19-22)2-3-13(16)9-20(11)15-6-4-14(18)5-7-15/h4-7,11-13,16,22H,2-3,8-10H2,1H3,(H,19,21)/t11-,12?,13?,16?/m0/s1. The second kappa shape index (κ2) is 7.07. The van der Waals surface area contributed by atoms with E-state index < -0.39 is 0 Å². The van der Waals surface area contributed by atoms with Gasteiger partial charge in [-0.15, -0.1) is 0 Å². The van der Waals surface area contributed by atoms with Crippen molar-refractivity contribution in [1.82, 2.24) is 5.48 Å². The Labute approximate surface area is 141 Å². The van der Waals surface area contributed by atoms with E-state index in [9.17, 15) is 4.79 Å². The third-order valence-electron chi connectivity index (χ3n) is 5.08. The van der Waals surface area contributed by atoms with Gasteiger partial charge in [0.2, 0.25) is 5.91 Å². The number of amides is 1. The summed E-state index contributed by atoms with van der Waals surface area (Å²) in [5.41, 5.74) is 2.93. The summed E-state index contributed by atoms with van der Waals surface area (Å²) >= 11 is 5.99. The number of hydroxylamine groups is 1. The van der Waals surface area contributed by atoms with Crippen molar-refractivity contribution in [3.63, 3.8) is 0 Å². The second-order valence-electron chi connectivity index (χ2n) is 6.60. The van der Waals surface area contributed by atoms with Crippen molar-refractivity contribution < 1.29 is 14.7 Å². The first-order valence-corrected chi connectivity index (χ1v) is 8.54. The van der Waals surface area contributed by atoms with Crippen LogP contribution in [0.4, 0.5) is 5.69 Å². The summed E-state index contributed by atoms with van der Waals surface area (Å²) in [6, 6.07) is 8.19. The van der Waals surface area contributed by atoms with E-state index in [1.54, 1.807) is 5.48 Å². The zero-order chi connectivity index (χ0) is 16.4. The van der Waals surface area contributed by atoms with Crippen LogP contribution in [0.1, 0.15) is 26.2 Å². The van der Waals surface area contributed by atoms with Crippen molar-refractivity contribution >= 4 is 23.2 Å². The monoisotopic (exact) mass is 338 g/mol. The maximum atomic E-state index is 11.7. The first-order chi connectivity index (χ1) is 11.1. The van der Waals surface area contributed by atoms with Gasteiger partial charge in [-0.1, -0.05) is 11.6 Å². The van der Waals surface area contributed by atoms with Gasteiger partial charge in [-0.3, -0.25) is 10.0 Å². The fraction of sp³-hybridized carbons (Fsp3) is 0.588. The zero-order valence-electron chi connectivity index (χ0n) is 13.2. The molecule has 1 aliphatic heterocycles. The molecule has 1 aliphatic carbocycles. The van der Waals surface area contributed by atoms with Crippen LogP contribution in [-0.2, 0) is 9.53 Å². The Morgan fingerprint density at radius 3 is 2.78 bits per heavy atom. The van der Waals surface area contributed by atoms with Crippen LogP contribution in [0.5, 0.6) is 0 Å². The van der Waals surface area contributed by atoms with Crippen LogP contribution in [0.25, 0.3) is 0 Å². The van der Waals surface area contributed by atoms with Crippen molar-refractivity contribution in [2.75, 3.05) is 18.1 Å². The van der Waals surface area contributed by atoms with Gasteiger partial charge in [0.15, 0.2) is 0 Å². The van der Waals surface area contributed by atoms with E-state index in [1.807, 2.05) is 24.3 Å². The molecule has 0 bridgehead atoms. The van der Waals surface area contributed by atoms with Gasteiger partial charge in [-0.25, -0.2) is 5.48 Å². The smallest absolute Gasteiger partial charge is 0.246 e. The van der Waals surface area contributed by atoms with Gasteiger partial charge in [0, 0.05) is 35.1 Å². The summed E-state index contributed by atoms with van der Waals surface area (Å²) in [6.07, 6.45) is 2.48. The Hall–Kier alpha value is -1.30. The molecule has 1 aromatic carbocycles. The summed E-state index contributed by atoms with van der Waals surface area (Å²) in [4.78, 5) is 14.0. The number of benzene rings is 1. The van der Waals surface area contributed by atoms with Gasteiger partial charge in [-0.2, -0.15) is 0 Å². The number of nitrogens with one attached hydrogen (secondary N) is 1. The van der Waals surface area contributed by atoms with Crippen LogP contribution in [0.2, 0.25) is 5.02 Å². The molecule has 1 saturated carbocycles. The van der Waals surface area contributed by atoms with E-state index in [2.05, 4.69) is 11.8 Å². The average molecular weight is 339 g/mol. The molecule has 126 valence electrons. The molecule has 3 rings (SSSR count). The molecule has 6 heteroatoms. The van der Waals surface area contributed by atoms with Gasteiger partial charge in [0.1, 0.15) is 0 Å². The lowest BCUT2D eigenvalue weighted by Crippen LogP contribution is -2.41. The van der Waals surface area contributed by atoms with Crippen molar-refractivity contribution in [2.45, 2.75) is 38.3 Å². The molecule has 0 radical (unpaired) electrons. The molecule has 1 saturated heterocycles. The van der Waals surface area contributed by atoms with Crippen LogP contribution < -0.4 is 10.4 Å². The van der Waals surface area contributed by atoms with E-state index in [1.165, 1.54) is 0 Å². The van der Waals surface area contributed by atoms with Crippen LogP contribution in [0.3, 0.4) is 0 Å². The van der Waals surface area contributed by atoms with Crippen molar-refractivity contribution in [1.29, 1.82) is 0 Å². The number of ether oxygens (including phenoxy) is 1. The van der Waals surface area contributed by atoms with Crippen LogP contribution >= 0.6 is 11.6 Å². The Morgan fingerprint density at radius 2 is 2.09 bits per heavy atom. The topological polar surface area (TPSA) is 61.8 Å². The summed E-state index contributed by atoms with van der Waals surface area (Å²) in [5, 5.41) is 9.57. The number of fused-ring (bicyclic) bond motifs is 1. The number of carbonyl (C=O) groups is 1. The molecule has 0 aromatic heterocycles. The van der Waals surface area contributed by atoms with Crippen LogP contribution in [-0.4, -0.2) is 36.4 Å². The lowest BCUT2D eigenvalue weighted by atomic mass is 9.79. The van der Waals surface area contributed by atoms with Gasteiger partial charge in [-0.05, 0) is 50.5 Å². The van der Waals surface area contributed by atoms with E-state index in [-0.39, 0.29) is 24.0 Å². The van der Waals surface area contributed by atoms with Gasteiger partial charge >= 0.3 is 0 Å². The molecule has 1 amide bonds.